The molecule has 0 saturated carbocycles. The molecule has 2 fully saturated rings. The number of furan rings is 1. The van der Waals surface area contributed by atoms with Crippen LogP contribution in [0.15, 0.2) is 28.9 Å². The molecule has 1 unspecified atom stereocenters. The Hall–Kier alpha value is -2.12. The van der Waals surface area contributed by atoms with Gasteiger partial charge in [0.2, 0.25) is 0 Å². The Balaban J connectivity index is 1.38. The molecule has 4 rings (SSSR count). The van der Waals surface area contributed by atoms with E-state index in [0.717, 1.165) is 45.0 Å². The van der Waals surface area contributed by atoms with E-state index in [0.29, 0.717) is 17.5 Å². The Labute approximate surface area is 134 Å². The second kappa shape index (κ2) is 6.17. The Morgan fingerprint density at radius 2 is 2.17 bits per heavy atom. The summed E-state index contributed by atoms with van der Waals surface area (Å²) in [4.78, 5) is 17.0. The molecule has 0 bridgehead atoms. The van der Waals surface area contributed by atoms with E-state index in [1.54, 1.807) is 12.3 Å². The van der Waals surface area contributed by atoms with Crippen molar-refractivity contribution in [2.75, 3.05) is 39.3 Å². The predicted octanol–water partition coefficient (Wildman–Crippen LogP) is 0.789. The number of carbonyl (C=O) groups excluding carboxylic acids is 1. The summed E-state index contributed by atoms with van der Waals surface area (Å²) in [6, 6.07) is 6.04. The molecule has 2 N–H and O–H groups in total. The van der Waals surface area contributed by atoms with Crippen molar-refractivity contribution in [2.45, 2.75) is 12.5 Å². The van der Waals surface area contributed by atoms with Crippen LogP contribution in [0.3, 0.4) is 0 Å². The molecule has 1 amide bonds. The molecule has 4 heterocycles. The number of carbonyl (C=O) groups is 1. The van der Waals surface area contributed by atoms with E-state index < -0.39 is 0 Å². The minimum absolute atomic E-state index is 0.0109. The van der Waals surface area contributed by atoms with Gasteiger partial charge in [-0.25, -0.2) is 0 Å². The summed E-state index contributed by atoms with van der Waals surface area (Å²) in [5, 5.41) is 10.4. The van der Waals surface area contributed by atoms with Gasteiger partial charge in [0, 0.05) is 44.8 Å². The van der Waals surface area contributed by atoms with Crippen molar-refractivity contribution >= 4 is 5.91 Å². The third-order valence-corrected chi connectivity index (χ3v) is 4.74. The van der Waals surface area contributed by atoms with Crippen molar-refractivity contribution in [3.63, 3.8) is 0 Å². The van der Waals surface area contributed by atoms with Crippen LogP contribution in [0.4, 0.5) is 0 Å². The van der Waals surface area contributed by atoms with Crippen molar-refractivity contribution in [3.05, 3.63) is 30.2 Å². The molecule has 2 aromatic heterocycles. The fourth-order valence-electron chi connectivity index (χ4n) is 3.39. The number of aromatic nitrogens is 2. The van der Waals surface area contributed by atoms with E-state index in [-0.39, 0.29) is 5.91 Å². The highest BCUT2D eigenvalue weighted by atomic mass is 16.3. The van der Waals surface area contributed by atoms with Crippen molar-refractivity contribution in [2.24, 2.45) is 0 Å². The molecular weight excluding hydrogens is 294 g/mol. The smallest absolute Gasteiger partial charge is 0.274 e. The molecule has 1 atom stereocenters. The molecule has 0 spiro atoms. The van der Waals surface area contributed by atoms with E-state index in [2.05, 4.69) is 20.4 Å². The molecule has 0 radical (unpaired) electrons. The lowest BCUT2D eigenvalue weighted by Crippen LogP contribution is -2.52. The van der Waals surface area contributed by atoms with Crippen LogP contribution in [0.2, 0.25) is 0 Å². The zero-order valence-electron chi connectivity index (χ0n) is 13.0. The summed E-state index contributed by atoms with van der Waals surface area (Å²) in [7, 11) is 0. The topological polar surface area (TPSA) is 77.4 Å². The average molecular weight is 315 g/mol. The summed E-state index contributed by atoms with van der Waals surface area (Å²) < 4.78 is 5.32. The van der Waals surface area contributed by atoms with Gasteiger partial charge in [-0.3, -0.25) is 14.8 Å². The standard InChI is InChI=1S/C16H21N5O2/c22-16(14-10-13(18-19-14)15-2-1-9-23-15)21-7-5-20(6-8-21)12-3-4-17-11-12/h1-2,9-10,12,17H,3-8,11H2,(H,18,19). The molecule has 0 aliphatic carbocycles. The second-order valence-electron chi connectivity index (χ2n) is 6.12. The van der Waals surface area contributed by atoms with Crippen molar-refractivity contribution in [3.8, 4) is 11.5 Å². The number of piperazine rings is 1. The Morgan fingerprint density at radius 1 is 1.30 bits per heavy atom. The number of rotatable bonds is 3. The maximum Gasteiger partial charge on any atom is 0.274 e. The molecular formula is C16H21N5O2. The summed E-state index contributed by atoms with van der Waals surface area (Å²) in [6.07, 6.45) is 2.81. The first-order valence-electron chi connectivity index (χ1n) is 8.14. The Morgan fingerprint density at radius 3 is 2.87 bits per heavy atom. The van der Waals surface area contributed by atoms with Crippen LogP contribution >= 0.6 is 0 Å². The van der Waals surface area contributed by atoms with Gasteiger partial charge < -0.3 is 14.6 Å². The zero-order chi connectivity index (χ0) is 15.6. The highest BCUT2D eigenvalue weighted by Gasteiger charge is 2.29. The highest BCUT2D eigenvalue weighted by Crippen LogP contribution is 2.19. The van der Waals surface area contributed by atoms with Gasteiger partial charge in [-0.15, -0.1) is 0 Å². The number of amides is 1. The molecule has 7 nitrogen and oxygen atoms in total. The van der Waals surface area contributed by atoms with E-state index in [9.17, 15) is 4.79 Å². The van der Waals surface area contributed by atoms with Crippen LogP contribution in [-0.2, 0) is 0 Å². The van der Waals surface area contributed by atoms with Crippen molar-refractivity contribution < 1.29 is 9.21 Å². The van der Waals surface area contributed by atoms with Crippen LogP contribution in [-0.4, -0.2) is 71.2 Å². The Kier molecular flexibility index (Phi) is 3.88. The molecule has 2 aliphatic heterocycles. The number of aromatic amines is 1. The third-order valence-electron chi connectivity index (χ3n) is 4.74. The largest absolute Gasteiger partial charge is 0.463 e. The molecule has 2 aliphatic rings. The van der Waals surface area contributed by atoms with E-state index >= 15 is 0 Å². The van der Waals surface area contributed by atoms with Gasteiger partial charge in [-0.05, 0) is 25.1 Å². The molecule has 0 aromatic carbocycles. The van der Waals surface area contributed by atoms with Crippen LogP contribution in [0.5, 0.6) is 0 Å². The van der Waals surface area contributed by atoms with Gasteiger partial charge in [0.15, 0.2) is 11.5 Å². The van der Waals surface area contributed by atoms with Crippen LogP contribution in [0.1, 0.15) is 16.9 Å². The maximum atomic E-state index is 12.6. The first kappa shape index (κ1) is 14.5. The van der Waals surface area contributed by atoms with Crippen LogP contribution in [0, 0.1) is 0 Å². The van der Waals surface area contributed by atoms with Crippen molar-refractivity contribution in [1.82, 2.24) is 25.3 Å². The van der Waals surface area contributed by atoms with Crippen molar-refractivity contribution in [1.29, 1.82) is 0 Å². The van der Waals surface area contributed by atoms with Gasteiger partial charge in [0.25, 0.3) is 5.91 Å². The van der Waals surface area contributed by atoms with Gasteiger partial charge in [0.1, 0.15) is 5.69 Å². The summed E-state index contributed by atoms with van der Waals surface area (Å²) in [6.45, 7) is 5.57. The maximum absolute atomic E-state index is 12.6. The lowest BCUT2D eigenvalue weighted by atomic mass is 10.2. The first-order valence-corrected chi connectivity index (χ1v) is 8.14. The number of hydrogen-bond acceptors (Lipinski definition) is 5. The van der Waals surface area contributed by atoms with Crippen LogP contribution < -0.4 is 5.32 Å². The predicted molar refractivity (Wildman–Crippen MR) is 85.0 cm³/mol. The van der Waals surface area contributed by atoms with Crippen LogP contribution in [0.25, 0.3) is 11.5 Å². The highest BCUT2D eigenvalue weighted by molar-refractivity contribution is 5.93. The van der Waals surface area contributed by atoms with E-state index in [1.807, 2.05) is 17.0 Å². The summed E-state index contributed by atoms with van der Waals surface area (Å²) in [5.41, 5.74) is 1.18. The average Bonchev–Trinajstić information content (AvgIpc) is 3.36. The van der Waals surface area contributed by atoms with E-state index in [4.69, 9.17) is 4.42 Å². The molecule has 7 heteroatoms. The fraction of sp³-hybridized carbons (Fsp3) is 0.500. The minimum Gasteiger partial charge on any atom is -0.463 e. The SMILES string of the molecule is O=C(c1cc(-c2ccco2)[nH]n1)N1CCN(C2CCNC2)CC1. The third kappa shape index (κ3) is 2.89. The number of hydrogen-bond donors (Lipinski definition) is 2. The molecule has 23 heavy (non-hydrogen) atoms. The monoisotopic (exact) mass is 315 g/mol. The number of H-pyrrole nitrogens is 1. The molecule has 2 aromatic rings. The normalized spacial score (nSPS) is 22.6. The molecule has 122 valence electrons. The van der Waals surface area contributed by atoms with Gasteiger partial charge in [0.05, 0.1) is 6.26 Å². The second-order valence-corrected chi connectivity index (χ2v) is 6.12. The Bertz CT molecular complexity index is 652. The van der Waals surface area contributed by atoms with Gasteiger partial charge in [-0.1, -0.05) is 0 Å². The fourth-order valence-corrected chi connectivity index (χ4v) is 3.39. The summed E-state index contributed by atoms with van der Waals surface area (Å²) in [5.74, 6) is 0.679. The summed E-state index contributed by atoms with van der Waals surface area (Å²) >= 11 is 0. The number of nitrogens with one attached hydrogen (secondary N) is 2. The first-order chi connectivity index (χ1) is 11.3. The zero-order valence-corrected chi connectivity index (χ0v) is 13.0. The lowest BCUT2D eigenvalue weighted by molar-refractivity contribution is 0.0578. The van der Waals surface area contributed by atoms with Gasteiger partial charge in [-0.2, -0.15) is 5.10 Å². The minimum atomic E-state index is -0.0109. The van der Waals surface area contributed by atoms with E-state index in [1.165, 1.54) is 6.42 Å². The van der Waals surface area contributed by atoms with Gasteiger partial charge >= 0.3 is 0 Å². The molecule has 2 saturated heterocycles. The number of nitrogens with zero attached hydrogens (tertiary/aromatic N) is 3. The lowest BCUT2D eigenvalue weighted by Gasteiger charge is -2.37. The quantitative estimate of drug-likeness (QED) is 0.876.